The number of rotatable bonds is 5. The molecule has 3 amide bonds. The summed E-state index contributed by atoms with van der Waals surface area (Å²) in [5.41, 5.74) is 11.4. The van der Waals surface area contributed by atoms with E-state index in [0.29, 0.717) is 12.2 Å². The first kappa shape index (κ1) is 32.5. The Hall–Kier alpha value is -2.12. The first-order chi connectivity index (χ1) is 12.9. The molecule has 0 saturated carbocycles. The summed E-state index contributed by atoms with van der Waals surface area (Å²) in [6.45, 7) is 14.9. The van der Waals surface area contributed by atoms with E-state index >= 15 is 0 Å². The topological polar surface area (TPSA) is 130 Å². The lowest BCUT2D eigenvalue weighted by atomic mass is 10.2. The molecule has 1 rings (SSSR count). The van der Waals surface area contributed by atoms with Gasteiger partial charge in [0.15, 0.2) is 0 Å². The fourth-order valence-corrected chi connectivity index (χ4v) is 1.15. The third-order valence-electron chi connectivity index (χ3n) is 2.15. The van der Waals surface area contributed by atoms with Gasteiger partial charge < -0.3 is 27.2 Å². The van der Waals surface area contributed by atoms with Crippen molar-refractivity contribution in [2.24, 2.45) is 11.5 Å². The van der Waals surface area contributed by atoms with Crippen LogP contribution in [0.5, 0.6) is 0 Å². The van der Waals surface area contributed by atoms with Crippen LogP contribution in [0.2, 0.25) is 0 Å². The van der Waals surface area contributed by atoms with Crippen molar-refractivity contribution in [1.82, 2.24) is 5.32 Å². The van der Waals surface area contributed by atoms with Crippen LogP contribution in [0.1, 0.15) is 66.9 Å². The Morgan fingerprint density at radius 2 is 1.44 bits per heavy atom. The van der Waals surface area contributed by atoms with E-state index in [-0.39, 0.29) is 19.1 Å². The number of aliphatic hydroxyl groups is 1. The summed E-state index contributed by atoms with van der Waals surface area (Å²) in [6, 6.07) is 6.48. The standard InChI is InChI=1S/C9H12N2O2.C4H10N2O.C3H8.2C2H6/c10-5-9(13)11-8-3-1-7(6-12)2-4-8;1-2-3-6-4(5)7;1-3-2;2*1-2/h1-4,12H,5-6,10H2,(H,11,13);2-3H2,1H3,(H3,5,6,7);3H2,1-2H3;2*1-2H3. The van der Waals surface area contributed by atoms with Gasteiger partial charge in [-0.2, -0.15) is 0 Å². The zero-order valence-corrected chi connectivity index (χ0v) is 18.3. The number of hydrogen-bond donors (Lipinski definition) is 5. The highest BCUT2D eigenvalue weighted by molar-refractivity contribution is 5.92. The van der Waals surface area contributed by atoms with E-state index in [4.69, 9.17) is 16.6 Å². The fraction of sp³-hybridized carbons (Fsp3) is 0.600. The molecule has 0 spiro atoms. The summed E-state index contributed by atoms with van der Waals surface area (Å²) in [7, 11) is 0. The molecule has 0 heterocycles. The molecule has 0 saturated heterocycles. The normalized spacial score (nSPS) is 7.89. The number of primary amides is 1. The lowest BCUT2D eigenvalue weighted by Gasteiger charge is -2.03. The minimum absolute atomic E-state index is 0.00507. The molecule has 0 radical (unpaired) electrons. The Morgan fingerprint density at radius 3 is 1.70 bits per heavy atom. The predicted molar refractivity (Wildman–Crippen MR) is 117 cm³/mol. The van der Waals surface area contributed by atoms with Crippen molar-refractivity contribution in [2.75, 3.05) is 18.4 Å². The van der Waals surface area contributed by atoms with Crippen molar-refractivity contribution in [3.63, 3.8) is 0 Å². The molecule has 0 atom stereocenters. The second-order valence-electron chi connectivity index (χ2n) is 4.61. The highest BCUT2D eigenvalue weighted by Crippen LogP contribution is 2.08. The second-order valence-corrected chi connectivity index (χ2v) is 4.61. The van der Waals surface area contributed by atoms with E-state index in [1.54, 1.807) is 24.3 Å². The number of amides is 3. The maximum absolute atomic E-state index is 10.9. The highest BCUT2D eigenvalue weighted by Gasteiger charge is 1.98. The highest BCUT2D eigenvalue weighted by atomic mass is 16.3. The SMILES string of the molecule is CC.CC.CCC.CCCNC(N)=O.NCC(=O)Nc1ccc(CO)cc1. The molecule has 7 nitrogen and oxygen atoms in total. The number of aliphatic hydroxyl groups excluding tert-OH is 1. The molecule has 160 valence electrons. The monoisotopic (exact) mass is 386 g/mol. The van der Waals surface area contributed by atoms with Gasteiger partial charge in [-0.15, -0.1) is 0 Å². The number of carbonyl (C=O) groups excluding carboxylic acids is 2. The first-order valence-corrected chi connectivity index (χ1v) is 9.67. The lowest BCUT2D eigenvalue weighted by molar-refractivity contribution is -0.114. The van der Waals surface area contributed by atoms with Crippen LogP contribution >= 0.6 is 0 Å². The summed E-state index contributed by atoms with van der Waals surface area (Å²) in [5.74, 6) is -0.225. The van der Waals surface area contributed by atoms with Crippen LogP contribution in [-0.2, 0) is 11.4 Å². The predicted octanol–water partition coefficient (Wildman–Crippen LogP) is 3.61. The average Bonchev–Trinajstić information content (AvgIpc) is 2.71. The smallest absolute Gasteiger partial charge is 0.312 e. The summed E-state index contributed by atoms with van der Waals surface area (Å²) in [6.07, 6.45) is 2.18. The Kier molecular flexibility index (Phi) is 34.6. The molecule has 0 aliphatic rings. The fourth-order valence-electron chi connectivity index (χ4n) is 1.15. The minimum Gasteiger partial charge on any atom is -0.392 e. The number of carbonyl (C=O) groups is 2. The molecule has 0 aliphatic carbocycles. The van der Waals surface area contributed by atoms with Crippen LogP contribution in [0.4, 0.5) is 10.5 Å². The van der Waals surface area contributed by atoms with Gasteiger partial charge in [0, 0.05) is 12.2 Å². The van der Waals surface area contributed by atoms with E-state index < -0.39 is 6.03 Å². The zero-order valence-electron chi connectivity index (χ0n) is 18.3. The van der Waals surface area contributed by atoms with E-state index in [1.165, 1.54) is 6.42 Å². The summed E-state index contributed by atoms with van der Waals surface area (Å²) >= 11 is 0. The first-order valence-electron chi connectivity index (χ1n) is 9.67. The van der Waals surface area contributed by atoms with Crippen LogP contribution in [0.15, 0.2) is 24.3 Å². The van der Waals surface area contributed by atoms with Gasteiger partial charge >= 0.3 is 6.03 Å². The average molecular weight is 387 g/mol. The number of urea groups is 1. The Balaban J connectivity index is -0.000000160. The van der Waals surface area contributed by atoms with Gasteiger partial charge in [0.1, 0.15) is 0 Å². The van der Waals surface area contributed by atoms with Crippen LogP contribution in [-0.4, -0.2) is 30.1 Å². The number of anilines is 1. The van der Waals surface area contributed by atoms with Crippen molar-refractivity contribution in [2.45, 2.75) is 67.9 Å². The Morgan fingerprint density at radius 1 is 1.00 bits per heavy atom. The molecule has 7 N–H and O–H groups in total. The summed E-state index contributed by atoms with van der Waals surface area (Å²) < 4.78 is 0. The number of nitrogens with one attached hydrogen (secondary N) is 2. The summed E-state index contributed by atoms with van der Waals surface area (Å²) in [4.78, 5) is 20.7. The number of benzene rings is 1. The molecule has 0 unspecified atom stereocenters. The van der Waals surface area contributed by atoms with Crippen LogP contribution in [0.3, 0.4) is 0 Å². The lowest BCUT2D eigenvalue weighted by Crippen LogP contribution is -2.29. The third kappa shape index (κ3) is 28.9. The molecule has 7 heteroatoms. The van der Waals surface area contributed by atoms with Gasteiger partial charge in [0.2, 0.25) is 5.91 Å². The van der Waals surface area contributed by atoms with Crippen molar-refractivity contribution < 1.29 is 14.7 Å². The molecule has 1 aromatic carbocycles. The van der Waals surface area contributed by atoms with Crippen molar-refractivity contribution >= 4 is 17.6 Å². The van der Waals surface area contributed by atoms with Crippen molar-refractivity contribution in [3.05, 3.63) is 29.8 Å². The number of nitrogens with two attached hydrogens (primary N) is 2. The van der Waals surface area contributed by atoms with E-state index in [1.807, 2.05) is 34.6 Å². The Bertz CT molecular complexity index is 424. The van der Waals surface area contributed by atoms with E-state index in [9.17, 15) is 9.59 Å². The molecule has 0 fully saturated rings. The molecule has 1 aromatic rings. The second kappa shape index (κ2) is 28.7. The molecule has 0 aromatic heterocycles. The van der Waals surface area contributed by atoms with Gasteiger partial charge in [-0.3, -0.25) is 4.79 Å². The van der Waals surface area contributed by atoms with Crippen LogP contribution in [0.25, 0.3) is 0 Å². The molecule has 0 aliphatic heterocycles. The Labute approximate surface area is 165 Å². The van der Waals surface area contributed by atoms with Gasteiger partial charge in [0.25, 0.3) is 0 Å². The van der Waals surface area contributed by atoms with Gasteiger partial charge in [-0.25, -0.2) is 4.79 Å². The molecular weight excluding hydrogens is 344 g/mol. The van der Waals surface area contributed by atoms with E-state index in [0.717, 1.165) is 12.0 Å². The van der Waals surface area contributed by atoms with Crippen LogP contribution in [0, 0.1) is 0 Å². The van der Waals surface area contributed by atoms with Crippen LogP contribution < -0.4 is 22.1 Å². The van der Waals surface area contributed by atoms with Gasteiger partial charge in [0.05, 0.1) is 13.2 Å². The molecular formula is C20H42N4O3. The quantitative estimate of drug-likeness (QED) is 0.529. The minimum atomic E-state index is -0.443. The summed E-state index contributed by atoms with van der Waals surface area (Å²) in [5, 5.41) is 13.8. The van der Waals surface area contributed by atoms with E-state index in [2.05, 4.69) is 24.5 Å². The maximum Gasteiger partial charge on any atom is 0.312 e. The molecule has 0 bridgehead atoms. The largest absolute Gasteiger partial charge is 0.392 e. The zero-order chi connectivity index (χ0) is 22.1. The third-order valence-corrected chi connectivity index (χ3v) is 2.15. The van der Waals surface area contributed by atoms with Gasteiger partial charge in [-0.05, 0) is 24.1 Å². The van der Waals surface area contributed by atoms with Gasteiger partial charge in [-0.1, -0.05) is 67.0 Å². The van der Waals surface area contributed by atoms with Crippen molar-refractivity contribution in [1.29, 1.82) is 0 Å². The molecule has 27 heavy (non-hydrogen) atoms. The maximum atomic E-state index is 10.9. The van der Waals surface area contributed by atoms with Crippen molar-refractivity contribution in [3.8, 4) is 0 Å². The number of hydrogen-bond acceptors (Lipinski definition) is 4.